The van der Waals surface area contributed by atoms with Crippen molar-refractivity contribution in [3.8, 4) is 16.9 Å². The quantitative estimate of drug-likeness (QED) is 0.0685. The van der Waals surface area contributed by atoms with Gasteiger partial charge < -0.3 is 14.2 Å². The van der Waals surface area contributed by atoms with Crippen LogP contribution in [0, 0.1) is 17.5 Å². The second-order valence-corrected chi connectivity index (χ2v) is 10.6. The van der Waals surface area contributed by atoms with E-state index in [9.17, 15) is 31.5 Å². The van der Waals surface area contributed by atoms with Gasteiger partial charge in [-0.05, 0) is 99.4 Å². The molecule has 0 aromatic heterocycles. The fourth-order valence-electron chi connectivity index (χ4n) is 4.32. The smallest absolute Gasteiger partial charge is 0.432 e. The molecule has 45 heavy (non-hydrogen) atoms. The molecule has 0 aliphatic carbocycles. The van der Waals surface area contributed by atoms with Crippen LogP contribution in [0.5, 0.6) is 5.75 Å². The number of ether oxygens (including phenoxy) is 3. The van der Waals surface area contributed by atoms with Gasteiger partial charge in [0.1, 0.15) is 28.8 Å². The maximum atomic E-state index is 14.9. The highest BCUT2D eigenvalue weighted by molar-refractivity contribution is 5.87. The minimum Gasteiger partial charge on any atom is -0.462 e. The molecule has 3 aromatic carbocycles. The third-order valence-corrected chi connectivity index (χ3v) is 6.73. The lowest BCUT2D eigenvalue weighted by molar-refractivity contribution is -0.189. The lowest BCUT2D eigenvalue weighted by Gasteiger charge is -2.20. The van der Waals surface area contributed by atoms with E-state index >= 15 is 0 Å². The number of aryl methyl sites for hydroxylation is 2. The van der Waals surface area contributed by atoms with E-state index in [1.54, 1.807) is 25.1 Å². The standard InChI is InChI=1S/C35H35F5O5/c1-22(2)33(41)43-17-7-5-9-24-11-14-27(15-12-24)45-35(39,40)32-30(37)20-26(21-31(32)38)28-16-13-25(19-29(28)36)10-6-8-18-44-34(42)23(3)4/h11-16,19-21H,1,3,5-10,17-18H2,2,4H3. The number of carbonyl (C=O) groups excluding carboxylic acids is 2. The van der Waals surface area contributed by atoms with Crippen LogP contribution in [0.2, 0.25) is 0 Å². The lowest BCUT2D eigenvalue weighted by atomic mass is 9.99. The number of carbonyl (C=O) groups is 2. The van der Waals surface area contributed by atoms with Crippen molar-refractivity contribution >= 4 is 11.9 Å². The Kier molecular flexibility index (Phi) is 12.5. The first-order chi connectivity index (χ1) is 21.3. The maximum absolute atomic E-state index is 14.9. The topological polar surface area (TPSA) is 61.8 Å². The number of benzene rings is 3. The first-order valence-corrected chi connectivity index (χ1v) is 14.4. The van der Waals surface area contributed by atoms with Gasteiger partial charge in [0.05, 0.1) is 13.2 Å². The summed E-state index contributed by atoms with van der Waals surface area (Å²) in [6.45, 7) is 10.5. The van der Waals surface area contributed by atoms with E-state index in [2.05, 4.69) is 17.9 Å². The summed E-state index contributed by atoms with van der Waals surface area (Å²) in [6.07, 6.45) is -0.932. The van der Waals surface area contributed by atoms with Gasteiger partial charge in [-0.2, -0.15) is 8.78 Å². The maximum Gasteiger partial charge on any atom is 0.432 e. The molecule has 0 unspecified atom stereocenters. The molecular weight excluding hydrogens is 595 g/mol. The van der Waals surface area contributed by atoms with Gasteiger partial charge >= 0.3 is 18.0 Å². The minimum atomic E-state index is -4.36. The molecule has 3 aromatic rings. The van der Waals surface area contributed by atoms with Gasteiger partial charge in [-0.1, -0.05) is 37.4 Å². The lowest BCUT2D eigenvalue weighted by Crippen LogP contribution is -2.25. The van der Waals surface area contributed by atoms with E-state index < -0.39 is 41.1 Å². The minimum absolute atomic E-state index is 0.160. The highest BCUT2D eigenvalue weighted by Crippen LogP contribution is 2.37. The Bertz CT molecular complexity index is 1510. The number of alkyl halides is 2. The predicted octanol–water partition coefficient (Wildman–Crippen LogP) is 8.78. The second kappa shape index (κ2) is 16.0. The predicted molar refractivity (Wildman–Crippen MR) is 160 cm³/mol. The van der Waals surface area contributed by atoms with Crippen molar-refractivity contribution in [1.29, 1.82) is 0 Å². The summed E-state index contributed by atoms with van der Waals surface area (Å²) >= 11 is 0. The molecule has 0 radical (unpaired) electrons. The Morgan fingerprint density at radius 2 is 1.18 bits per heavy atom. The summed E-state index contributed by atoms with van der Waals surface area (Å²) in [5.41, 5.74) is 0.00446. The van der Waals surface area contributed by atoms with Crippen molar-refractivity contribution in [1.82, 2.24) is 0 Å². The molecule has 0 saturated heterocycles. The molecule has 0 bridgehead atoms. The summed E-state index contributed by atoms with van der Waals surface area (Å²) in [5, 5.41) is 0. The van der Waals surface area contributed by atoms with Crippen LogP contribution in [0.25, 0.3) is 11.1 Å². The zero-order valence-corrected chi connectivity index (χ0v) is 25.2. The van der Waals surface area contributed by atoms with Gasteiger partial charge in [0.25, 0.3) is 0 Å². The Morgan fingerprint density at radius 3 is 1.67 bits per heavy atom. The summed E-state index contributed by atoms with van der Waals surface area (Å²) in [7, 11) is 0. The van der Waals surface area contributed by atoms with Crippen molar-refractivity contribution in [3.63, 3.8) is 0 Å². The van der Waals surface area contributed by atoms with Gasteiger partial charge in [0, 0.05) is 16.7 Å². The average Bonchev–Trinajstić information content (AvgIpc) is 2.96. The van der Waals surface area contributed by atoms with Crippen LogP contribution in [0.4, 0.5) is 22.0 Å². The summed E-state index contributed by atoms with van der Waals surface area (Å²) < 4.78 is 89.3. The van der Waals surface area contributed by atoms with Gasteiger partial charge in [-0.15, -0.1) is 0 Å². The molecule has 0 spiro atoms. The van der Waals surface area contributed by atoms with Crippen LogP contribution < -0.4 is 4.74 Å². The Hall–Kier alpha value is -4.47. The van der Waals surface area contributed by atoms with E-state index in [4.69, 9.17) is 9.47 Å². The SMILES string of the molecule is C=C(C)C(=O)OCCCCc1ccc(OC(F)(F)c2c(F)cc(-c3ccc(CCCCOC(=O)C(=C)C)cc3F)cc2F)cc1. The Balaban J connectivity index is 1.60. The molecule has 5 nitrogen and oxygen atoms in total. The number of rotatable bonds is 16. The third kappa shape index (κ3) is 10.3. The van der Waals surface area contributed by atoms with Crippen molar-refractivity contribution in [2.75, 3.05) is 13.2 Å². The van der Waals surface area contributed by atoms with Gasteiger partial charge in [0.15, 0.2) is 0 Å². The van der Waals surface area contributed by atoms with Crippen LogP contribution in [0.3, 0.4) is 0 Å². The van der Waals surface area contributed by atoms with Gasteiger partial charge in [-0.3, -0.25) is 0 Å². The molecule has 0 aliphatic rings. The summed E-state index contributed by atoms with van der Waals surface area (Å²) in [4.78, 5) is 22.8. The van der Waals surface area contributed by atoms with Crippen LogP contribution in [0.15, 0.2) is 78.9 Å². The fraction of sp³-hybridized carbons (Fsp3) is 0.314. The number of hydrogen-bond donors (Lipinski definition) is 0. The van der Waals surface area contributed by atoms with E-state index in [0.29, 0.717) is 67.4 Å². The number of hydrogen-bond acceptors (Lipinski definition) is 5. The molecular formula is C35H35F5O5. The van der Waals surface area contributed by atoms with Crippen LogP contribution in [-0.2, 0) is 38.0 Å². The molecule has 3 rings (SSSR count). The van der Waals surface area contributed by atoms with Crippen molar-refractivity contribution in [2.45, 2.75) is 58.5 Å². The second-order valence-electron chi connectivity index (χ2n) is 10.6. The Labute approximate surface area is 259 Å². The summed E-state index contributed by atoms with van der Waals surface area (Å²) in [6, 6.07) is 11.0. The number of halogens is 5. The van der Waals surface area contributed by atoms with E-state index in [1.807, 2.05) is 0 Å². The molecule has 0 atom stereocenters. The molecule has 0 aliphatic heterocycles. The summed E-state index contributed by atoms with van der Waals surface area (Å²) in [5.74, 6) is -5.22. The molecule has 0 saturated carbocycles. The molecule has 0 fully saturated rings. The molecule has 0 amide bonds. The zero-order valence-electron chi connectivity index (χ0n) is 25.2. The monoisotopic (exact) mass is 630 g/mol. The van der Waals surface area contributed by atoms with Crippen LogP contribution in [-0.4, -0.2) is 25.2 Å². The van der Waals surface area contributed by atoms with Gasteiger partial charge in [0.2, 0.25) is 0 Å². The van der Waals surface area contributed by atoms with Crippen molar-refractivity contribution in [2.24, 2.45) is 0 Å². The van der Waals surface area contributed by atoms with E-state index in [1.165, 1.54) is 31.2 Å². The number of esters is 2. The molecule has 240 valence electrons. The van der Waals surface area contributed by atoms with Crippen molar-refractivity contribution in [3.05, 3.63) is 113 Å². The first-order valence-electron chi connectivity index (χ1n) is 14.4. The average molecular weight is 631 g/mol. The number of unbranched alkanes of at least 4 members (excludes halogenated alkanes) is 2. The van der Waals surface area contributed by atoms with Gasteiger partial charge in [-0.25, -0.2) is 22.8 Å². The normalized spacial score (nSPS) is 11.2. The fourth-order valence-corrected chi connectivity index (χ4v) is 4.32. The highest BCUT2D eigenvalue weighted by atomic mass is 19.3. The van der Waals surface area contributed by atoms with Crippen molar-refractivity contribution < 1.29 is 45.8 Å². The van der Waals surface area contributed by atoms with E-state index in [0.717, 1.165) is 5.56 Å². The third-order valence-electron chi connectivity index (χ3n) is 6.73. The largest absolute Gasteiger partial charge is 0.462 e. The highest BCUT2D eigenvalue weighted by Gasteiger charge is 2.41. The molecule has 0 N–H and O–H groups in total. The zero-order chi connectivity index (χ0) is 33.1. The van der Waals surface area contributed by atoms with E-state index in [-0.39, 0.29) is 30.1 Å². The van der Waals surface area contributed by atoms with Crippen LogP contribution >= 0.6 is 0 Å². The van der Waals surface area contributed by atoms with Crippen LogP contribution in [0.1, 0.15) is 56.2 Å². The molecule has 0 heterocycles. The molecule has 10 heteroatoms. The first kappa shape index (κ1) is 35.0. The Morgan fingerprint density at radius 1 is 0.689 bits per heavy atom.